The van der Waals surface area contributed by atoms with Gasteiger partial charge in [0.1, 0.15) is 23.3 Å². The molecule has 40 heavy (non-hydrogen) atoms. The molecule has 3 heterocycles. The number of aromatic amines is 1. The molecule has 2 aromatic carbocycles. The predicted octanol–water partition coefficient (Wildman–Crippen LogP) is 5.06. The topological polar surface area (TPSA) is 111 Å². The zero-order valence-corrected chi connectivity index (χ0v) is 23.4. The molecule has 0 radical (unpaired) electrons. The molecule has 10 heteroatoms. The molecule has 0 saturated heterocycles. The van der Waals surface area contributed by atoms with Crippen LogP contribution in [0.1, 0.15) is 55.9 Å². The summed E-state index contributed by atoms with van der Waals surface area (Å²) in [6.45, 7) is 7.13. The minimum Gasteiger partial charge on any atom is -0.497 e. The second-order valence-corrected chi connectivity index (χ2v) is 10.4. The number of H-pyrrole nitrogens is 1. The Morgan fingerprint density at radius 3 is 2.55 bits per heavy atom. The highest BCUT2D eigenvalue weighted by Gasteiger charge is 2.35. The molecule has 10 nitrogen and oxygen atoms in total. The third-order valence-corrected chi connectivity index (χ3v) is 7.38. The van der Waals surface area contributed by atoms with Crippen LogP contribution in [0.2, 0.25) is 0 Å². The zero-order chi connectivity index (χ0) is 28.3. The monoisotopic (exact) mass is 542 g/mol. The van der Waals surface area contributed by atoms with E-state index < -0.39 is 11.6 Å². The Kier molecular flexibility index (Phi) is 7.70. The third kappa shape index (κ3) is 5.48. The van der Waals surface area contributed by atoms with Crippen molar-refractivity contribution in [3.8, 4) is 11.5 Å². The van der Waals surface area contributed by atoms with Crippen molar-refractivity contribution in [3.05, 3.63) is 100.0 Å². The summed E-state index contributed by atoms with van der Waals surface area (Å²) in [5.41, 5.74) is 1.62. The van der Waals surface area contributed by atoms with E-state index >= 15 is 0 Å². The molecule has 0 aliphatic rings. The Balaban J connectivity index is 1.73. The minimum atomic E-state index is -0.614. The Hall–Kier alpha value is -4.44. The van der Waals surface area contributed by atoms with Gasteiger partial charge in [-0.2, -0.15) is 0 Å². The van der Waals surface area contributed by atoms with Crippen LogP contribution in [-0.4, -0.2) is 44.3 Å². The van der Waals surface area contributed by atoms with Gasteiger partial charge in [0.2, 0.25) is 0 Å². The first kappa shape index (κ1) is 27.1. The maximum Gasteiger partial charge on any atom is 0.253 e. The van der Waals surface area contributed by atoms with Crippen molar-refractivity contribution < 1.29 is 13.9 Å². The number of furan rings is 1. The normalized spacial score (nSPS) is 12.7. The maximum atomic E-state index is 13.8. The molecule has 0 spiro atoms. The van der Waals surface area contributed by atoms with E-state index in [0.717, 1.165) is 28.9 Å². The molecule has 5 aromatic rings. The van der Waals surface area contributed by atoms with E-state index in [4.69, 9.17) is 13.9 Å². The average Bonchev–Trinajstić information content (AvgIpc) is 3.66. The summed E-state index contributed by atoms with van der Waals surface area (Å²) in [6, 6.07) is 18.5. The largest absolute Gasteiger partial charge is 0.497 e. The van der Waals surface area contributed by atoms with Gasteiger partial charge in [0, 0.05) is 23.0 Å². The van der Waals surface area contributed by atoms with Crippen LogP contribution in [-0.2, 0) is 18.6 Å². The van der Waals surface area contributed by atoms with Gasteiger partial charge in [0.15, 0.2) is 5.82 Å². The number of benzene rings is 2. The van der Waals surface area contributed by atoms with E-state index in [1.54, 1.807) is 20.5 Å². The van der Waals surface area contributed by atoms with Gasteiger partial charge in [-0.1, -0.05) is 19.1 Å². The maximum absolute atomic E-state index is 13.8. The average molecular weight is 543 g/mol. The highest BCUT2D eigenvalue weighted by molar-refractivity contribution is 5.80. The van der Waals surface area contributed by atoms with Gasteiger partial charge in [-0.3, -0.25) is 9.69 Å². The Morgan fingerprint density at radius 2 is 1.82 bits per heavy atom. The molecule has 1 atom stereocenters. The van der Waals surface area contributed by atoms with Crippen molar-refractivity contribution in [1.82, 2.24) is 30.1 Å². The van der Waals surface area contributed by atoms with Gasteiger partial charge >= 0.3 is 0 Å². The van der Waals surface area contributed by atoms with Crippen molar-refractivity contribution in [3.63, 3.8) is 0 Å². The lowest BCUT2D eigenvalue weighted by atomic mass is 9.98. The van der Waals surface area contributed by atoms with E-state index in [1.807, 2.05) is 65.3 Å². The van der Waals surface area contributed by atoms with Crippen molar-refractivity contribution >= 4 is 10.9 Å². The van der Waals surface area contributed by atoms with Gasteiger partial charge in [0.05, 0.1) is 32.6 Å². The van der Waals surface area contributed by atoms with E-state index in [0.29, 0.717) is 35.7 Å². The van der Waals surface area contributed by atoms with Gasteiger partial charge < -0.3 is 18.9 Å². The van der Waals surface area contributed by atoms with Crippen molar-refractivity contribution in [1.29, 1.82) is 0 Å². The molecular weight excluding hydrogens is 508 g/mol. The molecule has 0 aliphatic carbocycles. The second kappa shape index (κ2) is 11.4. The van der Waals surface area contributed by atoms with Gasteiger partial charge in [-0.05, 0) is 84.8 Å². The van der Waals surface area contributed by atoms with Crippen molar-refractivity contribution in [2.45, 2.75) is 51.9 Å². The molecular formula is C30H34N6O4. The van der Waals surface area contributed by atoms with Crippen LogP contribution < -0.4 is 15.0 Å². The fraction of sp³-hybridized carbons (Fsp3) is 0.333. The van der Waals surface area contributed by atoms with E-state index in [2.05, 4.69) is 46.2 Å². The third-order valence-electron chi connectivity index (χ3n) is 7.38. The number of pyridine rings is 1. The van der Waals surface area contributed by atoms with Crippen LogP contribution in [0.4, 0.5) is 0 Å². The summed E-state index contributed by atoms with van der Waals surface area (Å²) < 4.78 is 18.5. The van der Waals surface area contributed by atoms with Gasteiger partial charge in [-0.25, -0.2) is 4.68 Å². The molecule has 0 saturated carbocycles. The van der Waals surface area contributed by atoms with E-state index in [9.17, 15) is 4.79 Å². The number of hydrogen-bond donors (Lipinski definition) is 1. The predicted molar refractivity (Wildman–Crippen MR) is 151 cm³/mol. The Morgan fingerprint density at radius 1 is 1.02 bits per heavy atom. The number of nitrogens with one attached hydrogen (secondary N) is 1. The first-order valence-corrected chi connectivity index (χ1v) is 13.2. The van der Waals surface area contributed by atoms with Crippen LogP contribution in [0.3, 0.4) is 0 Å². The first-order valence-electron chi connectivity index (χ1n) is 13.2. The molecule has 208 valence electrons. The van der Waals surface area contributed by atoms with E-state index in [-0.39, 0.29) is 5.56 Å². The van der Waals surface area contributed by atoms with Crippen LogP contribution in [0.25, 0.3) is 10.9 Å². The fourth-order valence-corrected chi connectivity index (χ4v) is 4.82. The number of hydrogen-bond acceptors (Lipinski definition) is 8. The van der Waals surface area contributed by atoms with Crippen LogP contribution in [0, 0.1) is 0 Å². The standard InChI is InChI=1S/C30H34N6O4/c1-6-30(2,3)36-28(32-33-34-36)27(25-17-21-16-23(39-5)12-13-26(21)31-29(25)37)35(19-24-11-8-14-40-24)18-20-9-7-10-22(15-20)38-4/h7-17,27H,6,18-19H2,1-5H3,(H,31,37)/t27-/m1/s1. The molecule has 5 rings (SSSR count). The smallest absolute Gasteiger partial charge is 0.253 e. The van der Waals surface area contributed by atoms with Crippen LogP contribution in [0.15, 0.2) is 76.1 Å². The molecule has 0 amide bonds. The van der Waals surface area contributed by atoms with Gasteiger partial charge in [0.25, 0.3) is 5.56 Å². The number of fused-ring (bicyclic) bond motifs is 1. The summed E-state index contributed by atoms with van der Waals surface area (Å²) in [5, 5.41) is 13.8. The van der Waals surface area contributed by atoms with Crippen LogP contribution in [0.5, 0.6) is 11.5 Å². The highest BCUT2D eigenvalue weighted by Crippen LogP contribution is 2.33. The zero-order valence-electron chi connectivity index (χ0n) is 23.4. The molecule has 3 aromatic heterocycles. The summed E-state index contributed by atoms with van der Waals surface area (Å²) in [4.78, 5) is 19.0. The number of nitrogens with zero attached hydrogens (tertiary/aromatic N) is 5. The number of ether oxygens (including phenoxy) is 2. The Labute approximate surface area is 232 Å². The minimum absolute atomic E-state index is 0.221. The fourth-order valence-electron chi connectivity index (χ4n) is 4.82. The molecule has 0 aliphatic heterocycles. The van der Waals surface area contributed by atoms with E-state index in [1.165, 1.54) is 0 Å². The summed E-state index contributed by atoms with van der Waals surface area (Å²) >= 11 is 0. The Bertz CT molecular complexity index is 1640. The lowest BCUT2D eigenvalue weighted by Crippen LogP contribution is -2.38. The second-order valence-electron chi connectivity index (χ2n) is 10.4. The van der Waals surface area contributed by atoms with Crippen molar-refractivity contribution in [2.24, 2.45) is 0 Å². The molecule has 0 bridgehead atoms. The molecule has 0 fully saturated rings. The SMILES string of the molecule is CCC(C)(C)n1nnnc1[C@@H](c1cc2cc(OC)ccc2[nH]c1=O)N(Cc1cccc(OC)c1)Cc1ccco1. The summed E-state index contributed by atoms with van der Waals surface area (Å²) in [6.07, 6.45) is 2.44. The summed E-state index contributed by atoms with van der Waals surface area (Å²) in [5.74, 6) is 2.76. The first-order chi connectivity index (χ1) is 19.3. The molecule has 1 N–H and O–H groups in total. The quantitative estimate of drug-likeness (QED) is 0.247. The molecule has 0 unspecified atom stereocenters. The number of tetrazole rings is 1. The summed E-state index contributed by atoms with van der Waals surface area (Å²) in [7, 11) is 3.27. The van der Waals surface area contributed by atoms with Gasteiger partial charge in [-0.15, -0.1) is 5.10 Å². The number of aromatic nitrogens is 5. The number of methoxy groups -OCH3 is 2. The van der Waals surface area contributed by atoms with Crippen LogP contribution >= 0.6 is 0 Å². The lowest BCUT2D eigenvalue weighted by molar-refractivity contribution is 0.168. The highest BCUT2D eigenvalue weighted by atomic mass is 16.5. The lowest BCUT2D eigenvalue weighted by Gasteiger charge is -2.33. The number of rotatable bonds is 11. The van der Waals surface area contributed by atoms with Crippen molar-refractivity contribution in [2.75, 3.05) is 14.2 Å².